The number of rotatable bonds is 2. The molecule has 0 saturated carbocycles. The molecule has 0 amide bonds. The second-order valence-electron chi connectivity index (χ2n) is 3.74. The molecule has 0 N–H and O–H groups in total. The molecule has 0 aliphatic carbocycles. The zero-order valence-electron chi connectivity index (χ0n) is 9.14. The van der Waals surface area contributed by atoms with Crippen LogP contribution in [0.3, 0.4) is 0 Å². The molecule has 0 nitrogen and oxygen atoms in total. The summed E-state index contributed by atoms with van der Waals surface area (Å²) in [5.74, 6) is -0.667. The van der Waals surface area contributed by atoms with E-state index in [0.29, 0.717) is 0 Å². The summed E-state index contributed by atoms with van der Waals surface area (Å²) in [4.78, 5) is 0.121. The Balaban J connectivity index is 2.44. The fourth-order valence-corrected chi connectivity index (χ4v) is 3.74. The number of alkyl halides is 4. The van der Waals surface area contributed by atoms with Crippen LogP contribution in [0.1, 0.15) is 20.8 Å². The summed E-state index contributed by atoms with van der Waals surface area (Å²) < 4.78 is 52.4. The second-order valence-corrected chi connectivity index (χ2v) is 7.15. The van der Waals surface area contributed by atoms with Gasteiger partial charge in [0, 0.05) is 10.4 Å². The molecule has 1 atom stereocenters. The zero-order valence-corrected chi connectivity index (χ0v) is 13.1. The smallest absolute Gasteiger partial charge is 0.207 e. The molecule has 0 spiro atoms. The van der Waals surface area contributed by atoms with Crippen LogP contribution in [0.4, 0.5) is 17.6 Å². The summed E-state index contributed by atoms with van der Waals surface area (Å²) in [6, 6.07) is 5.91. The van der Waals surface area contributed by atoms with Gasteiger partial charge in [0.05, 0.1) is 14.2 Å². The van der Waals surface area contributed by atoms with E-state index < -0.39 is 22.4 Å². The minimum Gasteiger partial charge on any atom is -0.207 e. The van der Waals surface area contributed by atoms with Crippen LogP contribution >= 0.6 is 43.2 Å². The van der Waals surface area contributed by atoms with Crippen molar-refractivity contribution in [2.24, 2.45) is 0 Å². The van der Waals surface area contributed by atoms with Gasteiger partial charge in [0.15, 0.2) is 0 Å². The maximum Gasteiger partial charge on any atom is 0.416 e. The molecule has 1 unspecified atom stereocenters. The average Bonchev–Trinajstić information content (AvgIpc) is 2.74. The van der Waals surface area contributed by atoms with E-state index in [0.717, 1.165) is 26.9 Å². The maximum absolute atomic E-state index is 13.7. The fraction of sp³-hybridized carbons (Fsp3) is 0.167. The second kappa shape index (κ2) is 5.54. The summed E-state index contributed by atoms with van der Waals surface area (Å²) in [6.45, 7) is 0. The fourth-order valence-electron chi connectivity index (χ4n) is 1.53. The summed E-state index contributed by atoms with van der Waals surface area (Å²) in [5, 5.41) is 0. The van der Waals surface area contributed by atoms with Gasteiger partial charge in [-0.2, -0.15) is 13.2 Å². The molecule has 0 fully saturated rings. The highest BCUT2D eigenvalue weighted by molar-refractivity contribution is 9.11. The third kappa shape index (κ3) is 3.38. The van der Waals surface area contributed by atoms with Crippen LogP contribution in [-0.2, 0) is 6.18 Å². The first-order chi connectivity index (χ1) is 8.79. The lowest BCUT2D eigenvalue weighted by molar-refractivity contribution is -0.137. The van der Waals surface area contributed by atoms with Crippen molar-refractivity contribution in [2.75, 3.05) is 0 Å². The summed E-state index contributed by atoms with van der Waals surface area (Å²) in [7, 11) is 0. The molecule has 0 saturated heterocycles. The zero-order chi connectivity index (χ0) is 14.2. The molecular weight excluding hydrogens is 412 g/mol. The Morgan fingerprint density at radius 2 is 1.79 bits per heavy atom. The van der Waals surface area contributed by atoms with E-state index >= 15 is 0 Å². The normalized spacial score (nSPS) is 13.6. The van der Waals surface area contributed by atoms with Crippen LogP contribution < -0.4 is 0 Å². The molecule has 0 aliphatic heterocycles. The van der Waals surface area contributed by atoms with Crippen molar-refractivity contribution in [2.45, 2.75) is 11.0 Å². The maximum atomic E-state index is 13.7. The molecule has 102 valence electrons. The molecule has 1 aromatic heterocycles. The quantitative estimate of drug-likeness (QED) is 0.406. The van der Waals surface area contributed by atoms with Gasteiger partial charge in [-0.05, 0) is 46.3 Å². The van der Waals surface area contributed by atoms with Crippen molar-refractivity contribution >= 4 is 43.2 Å². The van der Waals surface area contributed by atoms with E-state index in [1.54, 1.807) is 12.1 Å². The van der Waals surface area contributed by atoms with Gasteiger partial charge in [0.25, 0.3) is 0 Å². The standard InChI is InChI=1S/C12H6Br2F4S/c13-10-4-3-9(19-10)11(14)7-5-6(12(16,17)18)1-2-8(7)15/h1-5,11H. The molecule has 2 aromatic rings. The third-order valence-electron chi connectivity index (χ3n) is 2.44. The summed E-state index contributed by atoms with van der Waals surface area (Å²) in [5.41, 5.74) is -0.881. The van der Waals surface area contributed by atoms with Crippen LogP contribution in [0.25, 0.3) is 0 Å². The summed E-state index contributed by atoms with van der Waals surface area (Å²) in [6.07, 6.45) is -4.48. The van der Waals surface area contributed by atoms with Crippen molar-refractivity contribution in [3.63, 3.8) is 0 Å². The van der Waals surface area contributed by atoms with Crippen LogP contribution in [0, 0.1) is 5.82 Å². The van der Waals surface area contributed by atoms with Gasteiger partial charge in [0.1, 0.15) is 5.82 Å². The largest absolute Gasteiger partial charge is 0.416 e. The van der Waals surface area contributed by atoms with E-state index in [1.807, 2.05) is 0 Å². The monoisotopic (exact) mass is 416 g/mol. The SMILES string of the molecule is Fc1ccc(C(F)(F)F)cc1C(Br)c1ccc(Br)s1. The number of benzene rings is 1. The molecule has 0 radical (unpaired) electrons. The average molecular weight is 418 g/mol. The molecule has 7 heteroatoms. The third-order valence-corrected chi connectivity index (χ3v) is 5.42. The molecule has 0 aliphatic rings. The van der Waals surface area contributed by atoms with Gasteiger partial charge in [-0.25, -0.2) is 4.39 Å². The lowest BCUT2D eigenvalue weighted by atomic mass is 10.1. The highest BCUT2D eigenvalue weighted by Crippen LogP contribution is 2.40. The van der Waals surface area contributed by atoms with Gasteiger partial charge in [-0.1, -0.05) is 15.9 Å². The summed E-state index contributed by atoms with van der Waals surface area (Å²) >= 11 is 7.84. The first-order valence-corrected chi connectivity index (χ1v) is 7.57. The minimum atomic E-state index is -4.48. The van der Waals surface area contributed by atoms with E-state index in [-0.39, 0.29) is 5.56 Å². The number of hydrogen-bond acceptors (Lipinski definition) is 1. The Bertz CT molecular complexity index is 592. The van der Waals surface area contributed by atoms with Crippen LogP contribution in [0.15, 0.2) is 34.1 Å². The van der Waals surface area contributed by atoms with Crippen molar-refractivity contribution < 1.29 is 17.6 Å². The predicted octanol–water partition coefficient (Wildman–Crippen LogP) is 6.15. The van der Waals surface area contributed by atoms with Gasteiger partial charge in [0.2, 0.25) is 0 Å². The minimum absolute atomic E-state index is 0.0239. The first-order valence-electron chi connectivity index (χ1n) is 5.05. The molecule has 2 rings (SSSR count). The molecule has 19 heavy (non-hydrogen) atoms. The Morgan fingerprint density at radius 3 is 2.32 bits per heavy atom. The Kier molecular flexibility index (Phi) is 4.37. The lowest BCUT2D eigenvalue weighted by Gasteiger charge is -2.13. The van der Waals surface area contributed by atoms with Gasteiger partial charge < -0.3 is 0 Å². The van der Waals surface area contributed by atoms with Crippen molar-refractivity contribution in [1.82, 2.24) is 0 Å². The van der Waals surface area contributed by atoms with Crippen LogP contribution in [0.2, 0.25) is 0 Å². The Hall–Kier alpha value is -0.400. The van der Waals surface area contributed by atoms with E-state index in [4.69, 9.17) is 0 Å². The number of halogens is 6. The van der Waals surface area contributed by atoms with E-state index in [9.17, 15) is 17.6 Å². The van der Waals surface area contributed by atoms with E-state index in [2.05, 4.69) is 31.9 Å². The van der Waals surface area contributed by atoms with Gasteiger partial charge >= 0.3 is 6.18 Å². The predicted molar refractivity (Wildman–Crippen MR) is 74.2 cm³/mol. The van der Waals surface area contributed by atoms with Crippen molar-refractivity contribution in [3.8, 4) is 0 Å². The van der Waals surface area contributed by atoms with Gasteiger partial charge in [-0.15, -0.1) is 11.3 Å². The van der Waals surface area contributed by atoms with Gasteiger partial charge in [-0.3, -0.25) is 0 Å². The van der Waals surface area contributed by atoms with E-state index in [1.165, 1.54) is 11.3 Å². The first kappa shape index (κ1) is 15.0. The lowest BCUT2D eigenvalue weighted by Crippen LogP contribution is -2.07. The van der Waals surface area contributed by atoms with Crippen LogP contribution in [-0.4, -0.2) is 0 Å². The topological polar surface area (TPSA) is 0 Å². The van der Waals surface area contributed by atoms with Crippen molar-refractivity contribution in [3.05, 3.63) is 55.9 Å². The Morgan fingerprint density at radius 1 is 1.11 bits per heavy atom. The molecule has 1 heterocycles. The molecule has 1 aromatic carbocycles. The number of thiophene rings is 1. The number of hydrogen-bond donors (Lipinski definition) is 0. The molecular formula is C12H6Br2F4S. The van der Waals surface area contributed by atoms with Crippen molar-refractivity contribution in [1.29, 1.82) is 0 Å². The van der Waals surface area contributed by atoms with Crippen LogP contribution in [0.5, 0.6) is 0 Å². The highest BCUT2D eigenvalue weighted by Gasteiger charge is 2.32. The highest BCUT2D eigenvalue weighted by atomic mass is 79.9. The Labute approximate surface area is 127 Å². The molecule has 0 bridgehead atoms.